The molecule has 6 heteroatoms. The van der Waals surface area contributed by atoms with Crippen molar-refractivity contribution in [1.82, 2.24) is 0 Å². The Hall–Kier alpha value is -6.14. The highest BCUT2D eigenvalue weighted by Crippen LogP contribution is 2.33. The van der Waals surface area contributed by atoms with Crippen LogP contribution in [0.1, 0.15) is 45.2 Å². The molecule has 232 valence electrons. The molecule has 0 aliphatic carbocycles. The molecular weight excluding hydrogens is 584 g/mol. The summed E-state index contributed by atoms with van der Waals surface area (Å²) in [6.45, 7) is 0. The van der Waals surface area contributed by atoms with Crippen LogP contribution < -0.4 is 10.6 Å². The van der Waals surface area contributed by atoms with E-state index < -0.39 is 11.8 Å². The number of amides is 2. The van der Waals surface area contributed by atoms with Crippen LogP contribution in [0.25, 0.3) is 0 Å². The highest BCUT2D eigenvalue weighted by atomic mass is 16.3. The van der Waals surface area contributed by atoms with E-state index in [9.17, 15) is 19.8 Å². The monoisotopic (exact) mass is 618 g/mol. The van der Waals surface area contributed by atoms with Gasteiger partial charge in [0.15, 0.2) is 0 Å². The van der Waals surface area contributed by atoms with Gasteiger partial charge in [-0.1, -0.05) is 133 Å². The second-order valence-corrected chi connectivity index (χ2v) is 11.4. The van der Waals surface area contributed by atoms with Crippen molar-refractivity contribution in [3.05, 3.63) is 191 Å². The van der Waals surface area contributed by atoms with Gasteiger partial charge in [0.05, 0.1) is 23.2 Å². The molecule has 2 amide bonds. The molecule has 0 spiro atoms. The molecule has 0 saturated heterocycles. The van der Waals surface area contributed by atoms with Crippen molar-refractivity contribution < 1.29 is 19.8 Å². The minimum atomic E-state index is -0.547. The van der Waals surface area contributed by atoms with Crippen molar-refractivity contribution in [2.24, 2.45) is 0 Å². The van der Waals surface area contributed by atoms with Gasteiger partial charge >= 0.3 is 0 Å². The van der Waals surface area contributed by atoms with Crippen LogP contribution in [0.4, 0.5) is 11.4 Å². The van der Waals surface area contributed by atoms with Crippen LogP contribution in [0, 0.1) is 0 Å². The van der Waals surface area contributed by atoms with Crippen LogP contribution in [-0.4, -0.2) is 22.0 Å². The van der Waals surface area contributed by atoms with E-state index in [-0.39, 0.29) is 23.3 Å². The smallest absolute Gasteiger partial charge is 0.236 e. The molecule has 0 bridgehead atoms. The van der Waals surface area contributed by atoms with Crippen molar-refractivity contribution in [3.8, 4) is 11.5 Å². The first kappa shape index (κ1) is 30.9. The predicted octanol–water partition coefficient (Wildman–Crippen LogP) is 8.23. The topological polar surface area (TPSA) is 98.7 Å². The maximum atomic E-state index is 13.5. The zero-order valence-corrected chi connectivity index (χ0v) is 25.6. The van der Waals surface area contributed by atoms with Crippen LogP contribution in [0.15, 0.2) is 158 Å². The lowest BCUT2D eigenvalue weighted by molar-refractivity contribution is -0.117. The van der Waals surface area contributed by atoms with Crippen LogP contribution in [0.2, 0.25) is 0 Å². The van der Waals surface area contributed by atoms with E-state index in [2.05, 4.69) is 10.6 Å². The summed E-state index contributed by atoms with van der Waals surface area (Å²) in [5.74, 6) is -1.72. The first-order valence-corrected chi connectivity index (χ1v) is 15.4. The average Bonchev–Trinajstić information content (AvgIpc) is 3.09. The molecule has 6 nitrogen and oxygen atoms in total. The Labute approximate surface area is 274 Å². The van der Waals surface area contributed by atoms with Crippen LogP contribution in [-0.2, 0) is 16.0 Å². The molecule has 6 rings (SSSR count). The summed E-state index contributed by atoms with van der Waals surface area (Å²) in [5, 5.41) is 27.5. The second-order valence-electron chi connectivity index (χ2n) is 11.4. The summed E-state index contributed by atoms with van der Waals surface area (Å²) in [6.07, 6.45) is 0.414. The number of hydrogen-bond acceptors (Lipinski definition) is 4. The number of aromatic hydroxyl groups is 2. The third-order valence-corrected chi connectivity index (χ3v) is 8.10. The fraction of sp³-hybridized carbons (Fsp3) is 0.0732. The molecule has 0 heterocycles. The van der Waals surface area contributed by atoms with Crippen molar-refractivity contribution in [2.75, 3.05) is 10.6 Å². The van der Waals surface area contributed by atoms with Crippen LogP contribution >= 0.6 is 0 Å². The van der Waals surface area contributed by atoms with E-state index in [4.69, 9.17) is 0 Å². The van der Waals surface area contributed by atoms with E-state index in [0.717, 1.165) is 33.4 Å². The number of anilines is 2. The van der Waals surface area contributed by atoms with Gasteiger partial charge in [0.25, 0.3) is 0 Å². The van der Waals surface area contributed by atoms with Gasteiger partial charge in [-0.3, -0.25) is 9.59 Å². The van der Waals surface area contributed by atoms with Gasteiger partial charge in [0.1, 0.15) is 11.5 Å². The number of rotatable bonds is 10. The van der Waals surface area contributed by atoms with E-state index in [1.807, 2.05) is 133 Å². The van der Waals surface area contributed by atoms with Gasteiger partial charge in [-0.2, -0.15) is 0 Å². The van der Waals surface area contributed by atoms with Gasteiger partial charge in [-0.25, -0.2) is 0 Å². The van der Waals surface area contributed by atoms with Gasteiger partial charge in [0, 0.05) is 0 Å². The molecule has 0 unspecified atom stereocenters. The van der Waals surface area contributed by atoms with E-state index >= 15 is 0 Å². The van der Waals surface area contributed by atoms with Crippen molar-refractivity contribution in [1.29, 1.82) is 0 Å². The Morgan fingerprint density at radius 2 is 0.745 bits per heavy atom. The molecule has 0 aromatic heterocycles. The minimum Gasteiger partial charge on any atom is -0.506 e. The van der Waals surface area contributed by atoms with Crippen LogP contribution in [0.3, 0.4) is 0 Å². The van der Waals surface area contributed by atoms with E-state index in [1.165, 1.54) is 0 Å². The highest BCUT2D eigenvalue weighted by molar-refractivity contribution is 6.00. The Kier molecular flexibility index (Phi) is 9.40. The zero-order chi connectivity index (χ0) is 32.6. The fourth-order valence-electron chi connectivity index (χ4n) is 5.80. The van der Waals surface area contributed by atoms with Crippen LogP contribution in [0.5, 0.6) is 11.5 Å². The molecule has 0 aliphatic rings. The Morgan fingerprint density at radius 1 is 0.447 bits per heavy atom. The predicted molar refractivity (Wildman–Crippen MR) is 186 cm³/mol. The highest BCUT2D eigenvalue weighted by Gasteiger charge is 2.25. The SMILES string of the molecule is O=C(Nc1ccc(Cc2ccc(NC(=O)C(c3ccccc3)c3ccccc3)c(O)c2)cc1O)C(c1ccccc1)c1ccccc1. The number of carbonyl (C=O) groups excluding carboxylic acids is 2. The summed E-state index contributed by atoms with van der Waals surface area (Å²) in [6, 6.07) is 48.3. The van der Waals surface area contributed by atoms with Crippen molar-refractivity contribution in [2.45, 2.75) is 18.3 Å². The van der Waals surface area contributed by atoms with Crippen molar-refractivity contribution >= 4 is 23.2 Å². The van der Waals surface area contributed by atoms with Gasteiger partial charge in [-0.15, -0.1) is 0 Å². The van der Waals surface area contributed by atoms with Gasteiger partial charge in [-0.05, 0) is 64.1 Å². The summed E-state index contributed by atoms with van der Waals surface area (Å²) < 4.78 is 0. The summed E-state index contributed by atoms with van der Waals surface area (Å²) >= 11 is 0. The lowest BCUT2D eigenvalue weighted by Crippen LogP contribution is -2.22. The first-order chi connectivity index (χ1) is 23.0. The molecule has 0 atom stereocenters. The number of benzene rings is 6. The zero-order valence-electron chi connectivity index (χ0n) is 25.6. The lowest BCUT2D eigenvalue weighted by Gasteiger charge is -2.19. The molecular formula is C41H34N2O4. The van der Waals surface area contributed by atoms with Crippen molar-refractivity contribution in [3.63, 3.8) is 0 Å². The van der Waals surface area contributed by atoms with Gasteiger partial charge in [0.2, 0.25) is 11.8 Å². The number of hydrogen-bond donors (Lipinski definition) is 4. The lowest BCUT2D eigenvalue weighted by atomic mass is 9.90. The Balaban J connectivity index is 1.15. The minimum absolute atomic E-state index is 0.0586. The maximum Gasteiger partial charge on any atom is 0.236 e. The van der Waals surface area contributed by atoms with E-state index in [0.29, 0.717) is 17.8 Å². The first-order valence-electron chi connectivity index (χ1n) is 15.4. The number of nitrogens with one attached hydrogen (secondary N) is 2. The third kappa shape index (κ3) is 7.40. The molecule has 0 fully saturated rings. The molecule has 6 aromatic carbocycles. The molecule has 47 heavy (non-hydrogen) atoms. The molecule has 0 saturated carbocycles. The average molecular weight is 619 g/mol. The molecule has 0 radical (unpaired) electrons. The molecule has 0 aliphatic heterocycles. The Morgan fingerprint density at radius 3 is 1.02 bits per heavy atom. The maximum absolute atomic E-state index is 13.5. The number of carbonyl (C=O) groups is 2. The number of phenols is 2. The Bertz CT molecular complexity index is 1740. The quantitative estimate of drug-likeness (QED) is 0.116. The van der Waals surface area contributed by atoms with E-state index in [1.54, 1.807) is 24.3 Å². The summed E-state index contributed by atoms with van der Waals surface area (Å²) in [5.41, 5.74) is 5.58. The van der Waals surface area contributed by atoms with Gasteiger partial charge < -0.3 is 20.8 Å². The normalized spacial score (nSPS) is 10.9. The number of phenolic OH excluding ortho intramolecular Hbond substituents is 2. The molecule has 4 N–H and O–H groups in total. The standard InChI is InChI=1S/C41H34N2O4/c44-36-26-28(21-23-34(36)42-40(46)38(30-13-5-1-6-14-30)31-15-7-2-8-16-31)25-29-22-24-35(37(45)27-29)43-41(47)39(32-17-9-3-10-18-32)33-19-11-4-12-20-33/h1-24,26-27,38-39,44-45H,25H2,(H,42,46)(H,43,47). The third-order valence-electron chi connectivity index (χ3n) is 8.10. The second kappa shape index (κ2) is 14.3. The largest absolute Gasteiger partial charge is 0.506 e. The summed E-state index contributed by atoms with van der Waals surface area (Å²) in [4.78, 5) is 27.0. The fourth-order valence-corrected chi connectivity index (χ4v) is 5.80. The molecule has 6 aromatic rings. The summed E-state index contributed by atoms with van der Waals surface area (Å²) in [7, 11) is 0.